The van der Waals surface area contributed by atoms with Crippen LogP contribution in [0.2, 0.25) is 0 Å². The molecule has 2 amide bonds. The molecule has 2 atom stereocenters. The highest BCUT2D eigenvalue weighted by molar-refractivity contribution is 6.04. The van der Waals surface area contributed by atoms with Crippen molar-refractivity contribution in [1.82, 2.24) is 24.8 Å². The second-order valence-corrected chi connectivity index (χ2v) is 8.11. The Balaban J connectivity index is 1.36. The van der Waals surface area contributed by atoms with Crippen LogP contribution in [0.5, 0.6) is 0 Å². The van der Waals surface area contributed by atoms with E-state index in [0.717, 1.165) is 11.1 Å². The van der Waals surface area contributed by atoms with Gasteiger partial charge in [-0.25, -0.2) is 9.37 Å². The fourth-order valence-electron chi connectivity index (χ4n) is 3.53. The van der Waals surface area contributed by atoms with E-state index in [9.17, 15) is 14.0 Å². The second kappa shape index (κ2) is 8.12. The normalized spacial score (nSPS) is 17.2. The number of halogens is 1. The lowest BCUT2D eigenvalue weighted by Gasteiger charge is -2.10. The maximum absolute atomic E-state index is 13.3. The number of hydrogen-bond acceptors (Lipinski definition) is 6. The average molecular weight is 448 g/mol. The van der Waals surface area contributed by atoms with Gasteiger partial charge in [0.1, 0.15) is 17.5 Å². The number of rotatable bonds is 6. The van der Waals surface area contributed by atoms with Gasteiger partial charge in [0.2, 0.25) is 17.6 Å². The number of carbonyl (C=O) groups excluding carboxylic acids is 2. The number of aryl methyl sites for hydroxylation is 1. The molecule has 0 aliphatic heterocycles. The highest BCUT2D eigenvalue weighted by Crippen LogP contribution is 2.43. The molecule has 0 bridgehead atoms. The van der Waals surface area contributed by atoms with Crippen LogP contribution in [0.15, 0.2) is 47.2 Å². The lowest BCUT2D eigenvalue weighted by molar-refractivity contribution is -0.119. The van der Waals surface area contributed by atoms with Crippen molar-refractivity contribution in [1.29, 1.82) is 0 Å². The quantitative estimate of drug-likeness (QED) is 0.467. The molecule has 10 heteroatoms. The lowest BCUT2D eigenvalue weighted by atomic mass is 10.1. The molecule has 5 rings (SSSR count). The van der Waals surface area contributed by atoms with E-state index in [1.165, 1.54) is 13.1 Å². The summed E-state index contributed by atoms with van der Waals surface area (Å²) in [6, 6.07) is 9.07. The van der Waals surface area contributed by atoms with E-state index in [1.807, 2.05) is 31.2 Å². The number of imidazole rings is 1. The Hall–Kier alpha value is -4.08. The van der Waals surface area contributed by atoms with Crippen molar-refractivity contribution in [2.45, 2.75) is 38.9 Å². The Bertz CT molecular complexity index is 1380. The molecule has 2 N–H and O–H groups in total. The topological polar surface area (TPSA) is 114 Å². The van der Waals surface area contributed by atoms with E-state index in [4.69, 9.17) is 4.52 Å². The fraction of sp³-hybridized carbons (Fsp3) is 0.261. The number of fused-ring (bicyclic) bond motifs is 1. The largest absolute Gasteiger partial charge is 0.352 e. The van der Waals surface area contributed by atoms with Gasteiger partial charge in [0.25, 0.3) is 5.91 Å². The van der Waals surface area contributed by atoms with Crippen LogP contribution in [-0.4, -0.2) is 37.5 Å². The van der Waals surface area contributed by atoms with Crippen LogP contribution in [0.1, 0.15) is 46.8 Å². The minimum absolute atomic E-state index is 0.118. The number of pyridine rings is 1. The van der Waals surface area contributed by atoms with Gasteiger partial charge < -0.3 is 15.2 Å². The van der Waals surface area contributed by atoms with Crippen molar-refractivity contribution >= 4 is 23.1 Å². The maximum atomic E-state index is 13.3. The number of nitrogens with zero attached hydrogens (tertiary/aromatic N) is 4. The molecule has 0 saturated heterocycles. The smallest absolute Gasteiger partial charge is 0.274 e. The number of carbonyl (C=O) groups is 2. The van der Waals surface area contributed by atoms with Crippen molar-refractivity contribution in [3.63, 3.8) is 0 Å². The Labute approximate surface area is 188 Å². The molecule has 4 aromatic rings. The highest BCUT2D eigenvalue weighted by atomic mass is 19.1. The monoisotopic (exact) mass is 448 g/mol. The molecule has 0 unspecified atom stereocenters. The number of hydrogen-bond donors (Lipinski definition) is 2. The molecule has 1 aromatic carbocycles. The number of aromatic nitrogens is 4. The second-order valence-electron chi connectivity index (χ2n) is 8.11. The minimum Gasteiger partial charge on any atom is -0.352 e. The summed E-state index contributed by atoms with van der Waals surface area (Å²) in [6.45, 7) is 3.72. The van der Waals surface area contributed by atoms with E-state index in [1.54, 1.807) is 16.7 Å². The Morgan fingerprint density at radius 1 is 1.27 bits per heavy atom. The third-order valence-electron chi connectivity index (χ3n) is 5.57. The van der Waals surface area contributed by atoms with E-state index >= 15 is 0 Å². The van der Waals surface area contributed by atoms with Gasteiger partial charge in [-0.3, -0.25) is 14.0 Å². The van der Waals surface area contributed by atoms with Crippen LogP contribution in [0.3, 0.4) is 0 Å². The average Bonchev–Trinajstić information content (AvgIpc) is 3.17. The van der Waals surface area contributed by atoms with E-state index in [2.05, 4.69) is 25.8 Å². The Morgan fingerprint density at radius 3 is 2.85 bits per heavy atom. The predicted octanol–water partition coefficient (Wildman–Crippen LogP) is 3.41. The van der Waals surface area contributed by atoms with Crippen molar-refractivity contribution in [2.24, 2.45) is 0 Å². The standard InChI is InChI=1S/C23H21FN6O3/c1-12-3-4-15(21-28-23(33-29-21)16-9-17(16)24)8-18(12)27-22(32)19-11-26-20-7-14(5-6-30(19)20)10-25-13(2)31/h3-8,11,16-17H,9-10H2,1-2H3,(H,25,31)(H,27,32)/t16-,17-/m0/s1. The van der Waals surface area contributed by atoms with Gasteiger partial charge in [0.05, 0.1) is 12.1 Å². The molecule has 3 heterocycles. The summed E-state index contributed by atoms with van der Waals surface area (Å²) in [6.07, 6.45) is 2.73. The first-order chi connectivity index (χ1) is 15.9. The summed E-state index contributed by atoms with van der Waals surface area (Å²) in [7, 11) is 0. The molecule has 168 valence electrons. The lowest BCUT2D eigenvalue weighted by Crippen LogP contribution is -2.19. The first-order valence-electron chi connectivity index (χ1n) is 10.5. The Morgan fingerprint density at radius 2 is 2.09 bits per heavy atom. The van der Waals surface area contributed by atoms with Crippen LogP contribution in [0, 0.1) is 6.92 Å². The van der Waals surface area contributed by atoms with Gasteiger partial charge in [-0.1, -0.05) is 17.3 Å². The molecule has 0 radical (unpaired) electrons. The zero-order valence-corrected chi connectivity index (χ0v) is 18.0. The molecular formula is C23H21FN6O3. The molecule has 1 aliphatic carbocycles. The summed E-state index contributed by atoms with van der Waals surface area (Å²) in [5.41, 5.74) is 3.94. The molecule has 33 heavy (non-hydrogen) atoms. The predicted molar refractivity (Wildman–Crippen MR) is 117 cm³/mol. The molecule has 1 aliphatic rings. The third kappa shape index (κ3) is 4.19. The summed E-state index contributed by atoms with van der Waals surface area (Å²) < 4.78 is 20.1. The minimum atomic E-state index is -0.918. The van der Waals surface area contributed by atoms with Crippen LogP contribution in [0.25, 0.3) is 17.0 Å². The van der Waals surface area contributed by atoms with Gasteiger partial charge >= 0.3 is 0 Å². The molecular weight excluding hydrogens is 427 g/mol. The van der Waals surface area contributed by atoms with Gasteiger partial charge in [-0.2, -0.15) is 4.98 Å². The zero-order chi connectivity index (χ0) is 23.1. The van der Waals surface area contributed by atoms with E-state index in [0.29, 0.717) is 47.3 Å². The third-order valence-corrected chi connectivity index (χ3v) is 5.57. The van der Waals surface area contributed by atoms with Crippen LogP contribution >= 0.6 is 0 Å². The van der Waals surface area contributed by atoms with Crippen molar-refractivity contribution < 1.29 is 18.5 Å². The number of amides is 2. The summed E-state index contributed by atoms with van der Waals surface area (Å²) in [5.74, 6) is -0.116. The summed E-state index contributed by atoms with van der Waals surface area (Å²) >= 11 is 0. The molecule has 0 spiro atoms. The summed E-state index contributed by atoms with van der Waals surface area (Å²) in [4.78, 5) is 32.7. The zero-order valence-electron chi connectivity index (χ0n) is 18.0. The van der Waals surface area contributed by atoms with Gasteiger partial charge in [0, 0.05) is 30.9 Å². The first kappa shape index (κ1) is 20.8. The molecule has 1 saturated carbocycles. The number of anilines is 1. The fourth-order valence-corrected chi connectivity index (χ4v) is 3.53. The SMILES string of the molecule is CC(=O)NCc1ccn2c(C(=O)Nc3cc(-c4noc([C@H]5C[C@@H]5F)n4)ccc3C)cnc2c1. The number of alkyl halides is 1. The van der Waals surface area contributed by atoms with Crippen LogP contribution < -0.4 is 10.6 Å². The van der Waals surface area contributed by atoms with Crippen LogP contribution in [-0.2, 0) is 11.3 Å². The highest BCUT2D eigenvalue weighted by Gasteiger charge is 2.43. The van der Waals surface area contributed by atoms with E-state index < -0.39 is 6.17 Å². The number of benzene rings is 1. The molecule has 3 aromatic heterocycles. The van der Waals surface area contributed by atoms with Crippen molar-refractivity contribution in [3.05, 3.63) is 65.4 Å². The van der Waals surface area contributed by atoms with E-state index in [-0.39, 0.29) is 17.7 Å². The number of nitrogens with one attached hydrogen (secondary N) is 2. The van der Waals surface area contributed by atoms with Gasteiger partial charge in [0.15, 0.2) is 0 Å². The molecule has 9 nitrogen and oxygen atoms in total. The van der Waals surface area contributed by atoms with Gasteiger partial charge in [-0.05, 0) is 42.7 Å². The first-order valence-corrected chi connectivity index (χ1v) is 10.5. The van der Waals surface area contributed by atoms with Gasteiger partial charge in [-0.15, -0.1) is 0 Å². The summed E-state index contributed by atoms with van der Waals surface area (Å²) in [5, 5.41) is 9.60. The van der Waals surface area contributed by atoms with Crippen molar-refractivity contribution in [3.8, 4) is 11.4 Å². The maximum Gasteiger partial charge on any atom is 0.274 e. The Kier molecular flexibility index (Phi) is 5.12. The van der Waals surface area contributed by atoms with Crippen molar-refractivity contribution in [2.75, 3.05) is 5.32 Å². The van der Waals surface area contributed by atoms with Crippen LogP contribution in [0.4, 0.5) is 10.1 Å². The molecule has 1 fully saturated rings.